The van der Waals surface area contributed by atoms with Crippen molar-refractivity contribution in [3.05, 3.63) is 99.0 Å². The highest BCUT2D eigenvalue weighted by Gasteiger charge is 2.31. The predicted molar refractivity (Wildman–Crippen MR) is 153 cm³/mol. The number of hydrogen-bond donors (Lipinski definition) is 1. The van der Waals surface area contributed by atoms with Gasteiger partial charge in [-0.2, -0.15) is 0 Å². The molecule has 0 aliphatic rings. The highest BCUT2D eigenvalue weighted by molar-refractivity contribution is 9.10. The molecule has 0 saturated heterocycles. The third kappa shape index (κ3) is 8.19. The number of ether oxygens (including phenoxy) is 1. The maximum Gasteiger partial charge on any atom is 0.261 e. The second kappa shape index (κ2) is 13.4. The molecular weight excluding hydrogens is 528 g/mol. The van der Waals surface area contributed by atoms with Gasteiger partial charge in [-0.25, -0.2) is 0 Å². The van der Waals surface area contributed by atoms with E-state index in [0.29, 0.717) is 18.7 Å². The summed E-state index contributed by atoms with van der Waals surface area (Å²) in [6.07, 6.45) is 1.22. The first kappa shape index (κ1) is 28.5. The number of aryl methyl sites for hydroxylation is 3. The Kier molecular flexibility index (Phi) is 10.3. The monoisotopic (exact) mass is 564 g/mol. The Labute approximate surface area is 229 Å². The number of nitrogens with zero attached hydrogens (tertiary/aromatic N) is 1. The second-order valence-electron chi connectivity index (χ2n) is 9.69. The third-order valence-electron chi connectivity index (χ3n) is 6.48. The number of hydrogen-bond acceptors (Lipinski definition) is 3. The minimum Gasteiger partial charge on any atom is -0.484 e. The molecule has 3 aromatic rings. The molecule has 3 rings (SSSR count). The number of carbonyl (C=O) groups excluding carboxylic acids is 2. The predicted octanol–water partition coefficient (Wildman–Crippen LogP) is 6.31. The summed E-state index contributed by atoms with van der Waals surface area (Å²) in [5, 5.41) is 3.10. The number of carbonyl (C=O) groups is 2. The minimum atomic E-state index is -0.679. The molecule has 5 nitrogen and oxygen atoms in total. The zero-order valence-corrected chi connectivity index (χ0v) is 24.0. The Morgan fingerprint density at radius 3 is 2.22 bits per heavy atom. The molecule has 37 heavy (non-hydrogen) atoms. The van der Waals surface area contributed by atoms with Gasteiger partial charge in [0.15, 0.2) is 6.61 Å². The van der Waals surface area contributed by atoms with E-state index in [1.807, 2.05) is 95.3 Å². The summed E-state index contributed by atoms with van der Waals surface area (Å²) in [5.74, 6) is 0.236. The maximum atomic E-state index is 13.7. The Morgan fingerprint density at radius 1 is 0.946 bits per heavy atom. The lowest BCUT2D eigenvalue weighted by atomic mass is 10.0. The zero-order valence-electron chi connectivity index (χ0n) is 22.4. The number of nitrogens with one attached hydrogen (secondary N) is 1. The SMILES string of the molecule is CC[C@H](C)NC(=O)[C@@H](Cc1ccccc1)N(Cc1cccc(C)c1)C(=O)COc1cc(C)c(Br)c(C)c1. The van der Waals surface area contributed by atoms with Crippen molar-refractivity contribution >= 4 is 27.7 Å². The Bertz CT molecular complexity index is 1190. The van der Waals surface area contributed by atoms with E-state index < -0.39 is 6.04 Å². The van der Waals surface area contributed by atoms with E-state index in [1.165, 1.54) is 0 Å². The van der Waals surface area contributed by atoms with E-state index in [-0.39, 0.29) is 24.5 Å². The van der Waals surface area contributed by atoms with Crippen LogP contribution >= 0.6 is 15.9 Å². The fourth-order valence-corrected chi connectivity index (χ4v) is 4.45. The summed E-state index contributed by atoms with van der Waals surface area (Å²) in [7, 11) is 0. The molecule has 0 aliphatic heterocycles. The van der Waals surface area contributed by atoms with Crippen LogP contribution in [0.4, 0.5) is 0 Å². The fraction of sp³-hybridized carbons (Fsp3) is 0.355. The van der Waals surface area contributed by atoms with Crippen molar-refractivity contribution in [1.29, 1.82) is 0 Å². The van der Waals surface area contributed by atoms with Gasteiger partial charge in [-0.05, 0) is 68.5 Å². The van der Waals surface area contributed by atoms with Crippen LogP contribution in [0.25, 0.3) is 0 Å². The van der Waals surface area contributed by atoms with Gasteiger partial charge in [-0.3, -0.25) is 9.59 Å². The quantitative estimate of drug-likeness (QED) is 0.297. The smallest absolute Gasteiger partial charge is 0.261 e. The Hall–Kier alpha value is -3.12. The summed E-state index contributed by atoms with van der Waals surface area (Å²) in [6.45, 7) is 10.2. The largest absolute Gasteiger partial charge is 0.484 e. The minimum absolute atomic E-state index is 0.00617. The summed E-state index contributed by atoms with van der Waals surface area (Å²) >= 11 is 3.58. The average Bonchev–Trinajstić information content (AvgIpc) is 2.88. The zero-order chi connectivity index (χ0) is 26.9. The van der Waals surface area contributed by atoms with E-state index in [0.717, 1.165) is 38.7 Å². The van der Waals surface area contributed by atoms with E-state index in [2.05, 4.69) is 27.3 Å². The van der Waals surface area contributed by atoms with Gasteiger partial charge in [0, 0.05) is 23.5 Å². The fourth-order valence-electron chi connectivity index (χ4n) is 4.22. The molecule has 1 N–H and O–H groups in total. The molecule has 0 aliphatic carbocycles. The van der Waals surface area contributed by atoms with Crippen molar-refractivity contribution in [2.75, 3.05) is 6.61 Å². The molecule has 0 unspecified atom stereocenters. The van der Waals surface area contributed by atoms with Gasteiger partial charge in [0.25, 0.3) is 5.91 Å². The Balaban J connectivity index is 1.93. The van der Waals surface area contributed by atoms with Crippen LogP contribution in [0.5, 0.6) is 5.75 Å². The first-order valence-corrected chi connectivity index (χ1v) is 13.6. The molecule has 0 aromatic heterocycles. The van der Waals surface area contributed by atoms with Gasteiger partial charge in [0.2, 0.25) is 5.91 Å². The maximum absolute atomic E-state index is 13.7. The number of halogens is 1. The highest BCUT2D eigenvalue weighted by Crippen LogP contribution is 2.26. The van der Waals surface area contributed by atoms with Gasteiger partial charge in [0.05, 0.1) is 0 Å². The van der Waals surface area contributed by atoms with E-state index >= 15 is 0 Å². The summed E-state index contributed by atoms with van der Waals surface area (Å²) in [6, 6.07) is 21.0. The van der Waals surface area contributed by atoms with Gasteiger partial charge in [0.1, 0.15) is 11.8 Å². The summed E-state index contributed by atoms with van der Waals surface area (Å²) in [5.41, 5.74) is 5.14. The number of rotatable bonds is 11. The van der Waals surface area contributed by atoms with Crippen molar-refractivity contribution in [2.45, 2.75) is 66.1 Å². The number of amides is 2. The van der Waals surface area contributed by atoms with Gasteiger partial charge < -0.3 is 15.0 Å². The first-order chi connectivity index (χ1) is 17.7. The second-order valence-corrected chi connectivity index (χ2v) is 10.5. The molecule has 0 fully saturated rings. The van der Waals surface area contributed by atoms with Crippen molar-refractivity contribution < 1.29 is 14.3 Å². The average molecular weight is 566 g/mol. The molecule has 0 bridgehead atoms. The van der Waals surface area contributed by atoms with Crippen LogP contribution in [0.1, 0.15) is 48.1 Å². The highest BCUT2D eigenvalue weighted by atomic mass is 79.9. The molecule has 196 valence electrons. The van der Waals surface area contributed by atoms with E-state index in [9.17, 15) is 9.59 Å². The topological polar surface area (TPSA) is 58.6 Å². The van der Waals surface area contributed by atoms with Crippen molar-refractivity contribution in [3.8, 4) is 5.75 Å². The Morgan fingerprint density at radius 2 is 1.59 bits per heavy atom. The normalized spacial score (nSPS) is 12.5. The lowest BCUT2D eigenvalue weighted by Crippen LogP contribution is -2.53. The van der Waals surface area contributed by atoms with Crippen molar-refractivity contribution in [2.24, 2.45) is 0 Å². The van der Waals surface area contributed by atoms with Crippen LogP contribution in [0.15, 0.2) is 71.2 Å². The molecule has 0 radical (unpaired) electrons. The molecular formula is C31H37BrN2O3. The molecule has 2 amide bonds. The van der Waals surface area contributed by atoms with Gasteiger partial charge >= 0.3 is 0 Å². The first-order valence-electron chi connectivity index (χ1n) is 12.8. The lowest BCUT2D eigenvalue weighted by molar-refractivity contribution is -0.143. The summed E-state index contributed by atoms with van der Waals surface area (Å²) < 4.78 is 6.99. The van der Waals surface area contributed by atoms with E-state index in [1.54, 1.807) is 4.90 Å². The van der Waals surface area contributed by atoms with Crippen molar-refractivity contribution in [3.63, 3.8) is 0 Å². The molecule has 0 heterocycles. The molecule has 3 aromatic carbocycles. The van der Waals surface area contributed by atoms with Crippen LogP contribution in [-0.2, 0) is 22.6 Å². The van der Waals surface area contributed by atoms with Crippen LogP contribution in [0, 0.1) is 20.8 Å². The molecule has 0 saturated carbocycles. The van der Waals surface area contributed by atoms with Crippen LogP contribution < -0.4 is 10.1 Å². The molecule has 2 atom stereocenters. The molecule has 6 heteroatoms. The van der Waals surface area contributed by atoms with Crippen LogP contribution in [0.3, 0.4) is 0 Å². The van der Waals surface area contributed by atoms with Crippen LogP contribution in [-0.4, -0.2) is 35.4 Å². The van der Waals surface area contributed by atoms with Gasteiger partial charge in [-0.1, -0.05) is 83.0 Å². The van der Waals surface area contributed by atoms with Gasteiger partial charge in [-0.15, -0.1) is 0 Å². The third-order valence-corrected chi connectivity index (χ3v) is 7.73. The van der Waals surface area contributed by atoms with Crippen molar-refractivity contribution in [1.82, 2.24) is 10.2 Å². The van der Waals surface area contributed by atoms with E-state index in [4.69, 9.17) is 4.74 Å². The number of benzene rings is 3. The standard InChI is InChI=1S/C31H37BrN2O3/c1-6-24(5)33-31(36)28(18-25-12-8-7-9-13-25)34(19-26-14-10-11-21(2)15-26)29(35)20-37-27-16-22(3)30(32)23(4)17-27/h7-17,24,28H,6,18-20H2,1-5H3,(H,33,36)/t24-,28+/m0/s1. The van der Waals surface area contributed by atoms with Crippen LogP contribution in [0.2, 0.25) is 0 Å². The summed E-state index contributed by atoms with van der Waals surface area (Å²) in [4.78, 5) is 29.0. The lowest BCUT2D eigenvalue weighted by Gasteiger charge is -2.32. The molecule has 0 spiro atoms.